The van der Waals surface area contributed by atoms with Gasteiger partial charge in [0.05, 0.1) is 6.04 Å². The summed E-state index contributed by atoms with van der Waals surface area (Å²) in [6.07, 6.45) is 1.02. The Morgan fingerprint density at radius 2 is 1.71 bits per heavy atom. The Morgan fingerprint density at radius 3 is 2.39 bits per heavy atom. The van der Waals surface area contributed by atoms with E-state index in [-0.39, 0.29) is 29.5 Å². The molecule has 2 atom stereocenters. The number of rotatable bonds is 4. The average molecular weight is 446 g/mol. The zero-order valence-electron chi connectivity index (χ0n) is 17.0. The summed E-state index contributed by atoms with van der Waals surface area (Å²) in [7, 11) is 0. The van der Waals surface area contributed by atoms with Gasteiger partial charge in [0, 0.05) is 29.9 Å². The molecule has 8 heteroatoms. The predicted molar refractivity (Wildman–Crippen MR) is 116 cm³/mol. The standard InChI is InChI=1S/C23H25ClFN3O3/c24-17-3-1-15(2-4-17)20-13-28(22(29)16-9-11-26-12-10-16)14-21(20)27-23(30)31-19-7-5-18(25)6-8-19/h1-8,16,20-21,26H,9-14H2,(H,27,30)/t20-,21+/m0/s1. The molecule has 164 valence electrons. The van der Waals surface area contributed by atoms with Gasteiger partial charge in [-0.15, -0.1) is 0 Å². The van der Waals surface area contributed by atoms with Crippen molar-refractivity contribution in [2.24, 2.45) is 5.92 Å². The van der Waals surface area contributed by atoms with Crippen molar-refractivity contribution < 1.29 is 18.7 Å². The Labute approximate surface area is 185 Å². The SMILES string of the molecule is O=C(N[C@@H]1CN(C(=O)C2CCNCC2)C[C@H]1c1ccc(Cl)cc1)Oc1ccc(F)cc1. The maximum atomic E-state index is 13.1. The van der Waals surface area contributed by atoms with E-state index in [4.69, 9.17) is 16.3 Å². The molecule has 2 aromatic carbocycles. The molecule has 6 nitrogen and oxygen atoms in total. The lowest BCUT2D eigenvalue weighted by Crippen LogP contribution is -2.43. The minimum absolute atomic E-state index is 0.0111. The Balaban J connectivity index is 1.47. The lowest BCUT2D eigenvalue weighted by molar-refractivity contribution is -0.135. The summed E-state index contributed by atoms with van der Waals surface area (Å²) >= 11 is 6.03. The van der Waals surface area contributed by atoms with Crippen LogP contribution in [0.15, 0.2) is 48.5 Å². The molecule has 2 aliphatic heterocycles. The van der Waals surface area contributed by atoms with Gasteiger partial charge in [-0.25, -0.2) is 9.18 Å². The van der Waals surface area contributed by atoms with Gasteiger partial charge < -0.3 is 20.3 Å². The number of nitrogens with zero attached hydrogens (tertiary/aromatic N) is 1. The van der Waals surface area contributed by atoms with Crippen LogP contribution in [0.5, 0.6) is 5.75 Å². The van der Waals surface area contributed by atoms with Crippen LogP contribution < -0.4 is 15.4 Å². The summed E-state index contributed by atoms with van der Waals surface area (Å²) < 4.78 is 18.4. The quantitative estimate of drug-likeness (QED) is 0.755. The van der Waals surface area contributed by atoms with Crippen molar-refractivity contribution in [3.05, 3.63) is 64.9 Å². The Bertz CT molecular complexity index is 917. The topological polar surface area (TPSA) is 70.7 Å². The number of benzene rings is 2. The van der Waals surface area contributed by atoms with Crippen LogP contribution >= 0.6 is 11.6 Å². The molecule has 0 spiro atoms. The second-order valence-corrected chi connectivity index (χ2v) is 8.46. The molecule has 0 aliphatic carbocycles. The van der Waals surface area contributed by atoms with Crippen molar-refractivity contribution in [1.29, 1.82) is 0 Å². The third-order valence-corrected chi connectivity index (χ3v) is 6.20. The molecule has 2 fully saturated rings. The minimum Gasteiger partial charge on any atom is -0.410 e. The number of likely N-dealkylation sites (tertiary alicyclic amines) is 1. The Kier molecular flexibility index (Phi) is 6.73. The van der Waals surface area contributed by atoms with E-state index < -0.39 is 11.9 Å². The molecule has 4 rings (SSSR count). The highest BCUT2D eigenvalue weighted by atomic mass is 35.5. The summed E-state index contributed by atoms with van der Waals surface area (Å²) in [5, 5.41) is 6.81. The number of piperidine rings is 1. The molecule has 0 radical (unpaired) electrons. The van der Waals surface area contributed by atoms with Crippen molar-refractivity contribution in [1.82, 2.24) is 15.5 Å². The van der Waals surface area contributed by atoms with Gasteiger partial charge in [-0.05, 0) is 67.9 Å². The fraction of sp³-hybridized carbons (Fsp3) is 0.391. The fourth-order valence-electron chi connectivity index (χ4n) is 4.30. The summed E-state index contributed by atoms with van der Waals surface area (Å²) in [4.78, 5) is 27.4. The van der Waals surface area contributed by atoms with Crippen LogP contribution in [0, 0.1) is 11.7 Å². The smallest absolute Gasteiger partial charge is 0.410 e. The minimum atomic E-state index is -0.633. The third kappa shape index (κ3) is 5.35. The average Bonchev–Trinajstić information content (AvgIpc) is 3.19. The van der Waals surface area contributed by atoms with Crippen LogP contribution in [0.2, 0.25) is 5.02 Å². The van der Waals surface area contributed by atoms with Gasteiger partial charge >= 0.3 is 6.09 Å². The molecule has 0 unspecified atom stereocenters. The van der Waals surface area contributed by atoms with Gasteiger partial charge in [0.25, 0.3) is 0 Å². The number of amides is 2. The first-order valence-corrected chi connectivity index (χ1v) is 10.9. The van der Waals surface area contributed by atoms with Crippen LogP contribution in [-0.2, 0) is 4.79 Å². The van der Waals surface area contributed by atoms with E-state index in [2.05, 4.69) is 10.6 Å². The molecule has 0 saturated carbocycles. The van der Waals surface area contributed by atoms with Gasteiger partial charge in [0.2, 0.25) is 5.91 Å². The van der Waals surface area contributed by atoms with Gasteiger partial charge in [-0.2, -0.15) is 0 Å². The van der Waals surface area contributed by atoms with Gasteiger partial charge in [0.15, 0.2) is 0 Å². The summed E-state index contributed by atoms with van der Waals surface area (Å²) in [5.74, 6) is -0.0848. The van der Waals surface area contributed by atoms with Crippen LogP contribution in [0.1, 0.15) is 24.3 Å². The molecule has 0 aromatic heterocycles. The van der Waals surface area contributed by atoms with Crippen molar-refractivity contribution in [3.63, 3.8) is 0 Å². The Morgan fingerprint density at radius 1 is 1.03 bits per heavy atom. The molecule has 2 heterocycles. The van der Waals surface area contributed by atoms with E-state index in [0.717, 1.165) is 31.5 Å². The maximum absolute atomic E-state index is 13.1. The van der Waals surface area contributed by atoms with Crippen molar-refractivity contribution in [2.75, 3.05) is 26.2 Å². The zero-order valence-corrected chi connectivity index (χ0v) is 17.8. The van der Waals surface area contributed by atoms with Crippen LogP contribution in [0.25, 0.3) is 0 Å². The largest absolute Gasteiger partial charge is 0.412 e. The normalized spacial score (nSPS) is 21.7. The molecule has 2 aromatic rings. The van der Waals surface area contributed by atoms with E-state index >= 15 is 0 Å². The number of hydrogen-bond donors (Lipinski definition) is 2. The second-order valence-electron chi connectivity index (χ2n) is 8.02. The Hall–Kier alpha value is -2.64. The number of carbonyl (C=O) groups excluding carboxylic acids is 2. The second kappa shape index (κ2) is 9.66. The van der Waals surface area contributed by atoms with E-state index in [1.54, 1.807) is 0 Å². The number of nitrogens with one attached hydrogen (secondary N) is 2. The number of hydrogen-bond acceptors (Lipinski definition) is 4. The van der Waals surface area contributed by atoms with Crippen molar-refractivity contribution >= 4 is 23.6 Å². The highest BCUT2D eigenvalue weighted by Crippen LogP contribution is 2.31. The van der Waals surface area contributed by atoms with Gasteiger partial charge in [-0.1, -0.05) is 23.7 Å². The molecular formula is C23H25ClFN3O3. The van der Waals surface area contributed by atoms with Crippen molar-refractivity contribution in [3.8, 4) is 5.75 Å². The number of carbonyl (C=O) groups is 2. The molecule has 2 saturated heterocycles. The number of halogens is 2. The van der Waals surface area contributed by atoms with Crippen molar-refractivity contribution in [2.45, 2.75) is 24.8 Å². The lowest BCUT2D eigenvalue weighted by Gasteiger charge is -2.26. The molecule has 0 bridgehead atoms. The monoisotopic (exact) mass is 445 g/mol. The van der Waals surface area contributed by atoms with Crippen LogP contribution in [-0.4, -0.2) is 49.1 Å². The molecule has 2 amide bonds. The number of ether oxygens (including phenoxy) is 1. The highest BCUT2D eigenvalue weighted by molar-refractivity contribution is 6.30. The van der Waals surface area contributed by atoms with Gasteiger partial charge in [-0.3, -0.25) is 4.79 Å². The summed E-state index contributed by atoms with van der Waals surface area (Å²) in [6.45, 7) is 2.62. The van der Waals surface area contributed by atoms with Crippen LogP contribution in [0.3, 0.4) is 0 Å². The molecule has 2 N–H and O–H groups in total. The van der Waals surface area contributed by atoms with Gasteiger partial charge in [0.1, 0.15) is 11.6 Å². The molecule has 31 heavy (non-hydrogen) atoms. The summed E-state index contributed by atoms with van der Waals surface area (Å²) in [5.41, 5.74) is 0.997. The first-order chi connectivity index (χ1) is 15.0. The van der Waals surface area contributed by atoms with E-state index in [9.17, 15) is 14.0 Å². The summed E-state index contributed by atoms with van der Waals surface area (Å²) in [6, 6.07) is 12.4. The van der Waals surface area contributed by atoms with Crippen LogP contribution in [0.4, 0.5) is 9.18 Å². The first kappa shape index (κ1) is 21.6. The third-order valence-electron chi connectivity index (χ3n) is 5.95. The van der Waals surface area contributed by atoms with E-state index in [1.165, 1.54) is 24.3 Å². The lowest BCUT2D eigenvalue weighted by atomic mass is 9.94. The molecular weight excluding hydrogens is 421 g/mol. The predicted octanol–water partition coefficient (Wildman–Crippen LogP) is 3.56. The maximum Gasteiger partial charge on any atom is 0.412 e. The van der Waals surface area contributed by atoms with E-state index in [1.807, 2.05) is 29.2 Å². The first-order valence-electron chi connectivity index (χ1n) is 10.5. The zero-order chi connectivity index (χ0) is 21.8. The van der Waals surface area contributed by atoms with E-state index in [0.29, 0.717) is 18.1 Å². The highest BCUT2D eigenvalue weighted by Gasteiger charge is 2.39. The molecule has 2 aliphatic rings. The fourth-order valence-corrected chi connectivity index (χ4v) is 4.42.